The molecule has 0 bridgehead atoms. The zero-order valence-electron chi connectivity index (χ0n) is 12.2. The fourth-order valence-electron chi connectivity index (χ4n) is 2.19. The van der Waals surface area contributed by atoms with Crippen molar-refractivity contribution in [3.63, 3.8) is 0 Å². The molecule has 22 heavy (non-hydrogen) atoms. The summed E-state index contributed by atoms with van der Waals surface area (Å²) in [6, 6.07) is 13.9. The highest BCUT2D eigenvalue weighted by Crippen LogP contribution is 2.24. The van der Waals surface area contributed by atoms with Crippen molar-refractivity contribution in [1.82, 2.24) is 15.3 Å². The monoisotopic (exact) mass is 329 g/mol. The van der Waals surface area contributed by atoms with Crippen molar-refractivity contribution in [2.24, 2.45) is 0 Å². The second-order valence-electron chi connectivity index (χ2n) is 4.98. The number of nitrogens with one attached hydrogen (secondary N) is 1. The fourth-order valence-corrected chi connectivity index (χ4v) is 3.28. The van der Waals surface area contributed by atoms with Crippen LogP contribution in [0.25, 0.3) is 10.7 Å². The van der Waals surface area contributed by atoms with Crippen molar-refractivity contribution in [3.8, 4) is 10.7 Å². The van der Waals surface area contributed by atoms with Crippen molar-refractivity contribution < 1.29 is 0 Å². The minimum absolute atomic E-state index is 0.175. The number of thiazole rings is 1. The summed E-state index contributed by atoms with van der Waals surface area (Å²) in [5, 5.41) is 7.26. The zero-order valence-corrected chi connectivity index (χ0v) is 13.7. The highest BCUT2D eigenvalue weighted by Gasteiger charge is 2.10. The molecular formula is C17H16ClN3S. The van der Waals surface area contributed by atoms with Crippen molar-refractivity contribution in [3.05, 3.63) is 70.3 Å². The Balaban J connectivity index is 1.65. The molecule has 5 heteroatoms. The minimum atomic E-state index is 0.175. The van der Waals surface area contributed by atoms with E-state index in [0.717, 1.165) is 27.0 Å². The molecule has 0 saturated heterocycles. The number of rotatable bonds is 5. The van der Waals surface area contributed by atoms with Gasteiger partial charge in [0, 0.05) is 29.2 Å². The average molecular weight is 330 g/mol. The lowest BCUT2D eigenvalue weighted by Gasteiger charge is -2.14. The van der Waals surface area contributed by atoms with Gasteiger partial charge in [-0.25, -0.2) is 4.98 Å². The third-order valence-corrected chi connectivity index (χ3v) is 4.65. The van der Waals surface area contributed by atoms with Crippen LogP contribution in [0.15, 0.2) is 54.0 Å². The summed E-state index contributed by atoms with van der Waals surface area (Å²) in [5.74, 6) is 0. The van der Waals surface area contributed by atoms with E-state index in [2.05, 4.69) is 27.6 Å². The van der Waals surface area contributed by atoms with Crippen molar-refractivity contribution in [1.29, 1.82) is 0 Å². The highest BCUT2D eigenvalue weighted by molar-refractivity contribution is 7.13. The molecule has 112 valence electrons. The van der Waals surface area contributed by atoms with Crippen LogP contribution in [0.1, 0.15) is 24.2 Å². The number of hydrogen-bond donors (Lipinski definition) is 1. The van der Waals surface area contributed by atoms with Gasteiger partial charge in [-0.1, -0.05) is 35.9 Å². The minimum Gasteiger partial charge on any atom is -0.304 e. The van der Waals surface area contributed by atoms with Crippen molar-refractivity contribution in [2.45, 2.75) is 19.5 Å². The van der Waals surface area contributed by atoms with Gasteiger partial charge >= 0.3 is 0 Å². The van der Waals surface area contributed by atoms with Crippen molar-refractivity contribution >= 4 is 22.9 Å². The van der Waals surface area contributed by atoms with Crippen LogP contribution in [0.4, 0.5) is 0 Å². The first-order valence-corrected chi connectivity index (χ1v) is 8.33. The number of aromatic nitrogens is 2. The van der Waals surface area contributed by atoms with E-state index < -0.39 is 0 Å². The number of benzene rings is 1. The predicted octanol–water partition coefficient (Wildman–Crippen LogP) is 4.71. The SMILES string of the molecule is C[C@@H](NCc1csc(-c2ccccn2)n1)c1ccccc1Cl. The molecule has 3 aromatic rings. The molecule has 0 aliphatic rings. The lowest BCUT2D eigenvalue weighted by Crippen LogP contribution is -2.18. The summed E-state index contributed by atoms with van der Waals surface area (Å²) in [4.78, 5) is 8.96. The van der Waals surface area contributed by atoms with Crippen LogP contribution in [0.5, 0.6) is 0 Å². The van der Waals surface area contributed by atoms with Gasteiger partial charge in [0.2, 0.25) is 0 Å². The highest BCUT2D eigenvalue weighted by atomic mass is 35.5. The molecule has 2 heterocycles. The van der Waals surface area contributed by atoms with E-state index in [9.17, 15) is 0 Å². The maximum Gasteiger partial charge on any atom is 0.142 e. The first-order chi connectivity index (χ1) is 10.7. The Morgan fingerprint density at radius 3 is 2.77 bits per heavy atom. The molecule has 0 radical (unpaired) electrons. The van der Waals surface area contributed by atoms with Crippen LogP contribution < -0.4 is 5.32 Å². The Morgan fingerprint density at radius 1 is 1.18 bits per heavy atom. The maximum absolute atomic E-state index is 6.22. The molecule has 0 saturated carbocycles. The Morgan fingerprint density at radius 2 is 2.00 bits per heavy atom. The molecule has 0 amide bonds. The van der Waals surface area contributed by atoms with E-state index in [1.807, 2.05) is 42.5 Å². The van der Waals surface area contributed by atoms with Gasteiger partial charge in [-0.05, 0) is 30.7 Å². The van der Waals surface area contributed by atoms with Crippen molar-refractivity contribution in [2.75, 3.05) is 0 Å². The lowest BCUT2D eigenvalue weighted by molar-refractivity contribution is 0.569. The third-order valence-electron chi connectivity index (χ3n) is 3.40. The van der Waals surface area contributed by atoms with Crippen LogP contribution in [-0.2, 0) is 6.54 Å². The Labute approximate surface area is 139 Å². The number of hydrogen-bond acceptors (Lipinski definition) is 4. The first-order valence-electron chi connectivity index (χ1n) is 7.07. The Hall–Kier alpha value is -1.75. The first kappa shape index (κ1) is 15.2. The van der Waals surface area contributed by atoms with Gasteiger partial charge in [-0.15, -0.1) is 11.3 Å². The van der Waals surface area contributed by atoms with Crippen LogP contribution >= 0.6 is 22.9 Å². The van der Waals surface area contributed by atoms with Gasteiger partial charge in [-0.3, -0.25) is 4.98 Å². The van der Waals surface area contributed by atoms with E-state index >= 15 is 0 Å². The topological polar surface area (TPSA) is 37.8 Å². The number of halogens is 1. The van der Waals surface area contributed by atoms with Gasteiger partial charge in [0.1, 0.15) is 5.01 Å². The van der Waals surface area contributed by atoms with Gasteiger partial charge in [0.15, 0.2) is 0 Å². The van der Waals surface area contributed by atoms with Gasteiger partial charge in [0.05, 0.1) is 11.4 Å². The summed E-state index contributed by atoms with van der Waals surface area (Å²) in [6.45, 7) is 2.81. The van der Waals surface area contributed by atoms with Crippen LogP contribution in [0.3, 0.4) is 0 Å². The Kier molecular flexibility index (Phi) is 4.83. The summed E-state index contributed by atoms with van der Waals surface area (Å²) < 4.78 is 0. The second kappa shape index (κ2) is 7.01. The molecule has 3 rings (SSSR count). The van der Waals surface area contributed by atoms with E-state index in [1.165, 1.54) is 0 Å². The van der Waals surface area contributed by atoms with Crippen LogP contribution in [0, 0.1) is 0 Å². The molecule has 0 aliphatic carbocycles. The quantitative estimate of drug-likeness (QED) is 0.736. The molecular weight excluding hydrogens is 314 g/mol. The summed E-state index contributed by atoms with van der Waals surface area (Å²) in [7, 11) is 0. The van der Waals surface area contributed by atoms with Gasteiger partial charge in [0.25, 0.3) is 0 Å². The summed E-state index contributed by atoms with van der Waals surface area (Å²) in [6.07, 6.45) is 1.79. The van der Waals surface area contributed by atoms with Gasteiger partial charge in [-0.2, -0.15) is 0 Å². The number of pyridine rings is 1. The number of nitrogens with zero attached hydrogens (tertiary/aromatic N) is 2. The maximum atomic E-state index is 6.22. The average Bonchev–Trinajstić information content (AvgIpc) is 3.03. The summed E-state index contributed by atoms with van der Waals surface area (Å²) in [5.41, 5.74) is 3.03. The lowest BCUT2D eigenvalue weighted by atomic mass is 10.1. The van der Waals surface area contributed by atoms with E-state index in [1.54, 1.807) is 17.5 Å². The fraction of sp³-hybridized carbons (Fsp3) is 0.176. The third kappa shape index (κ3) is 3.53. The standard InChI is InChI=1S/C17H16ClN3S/c1-12(14-6-2-3-7-15(14)18)20-10-13-11-22-17(21-13)16-8-4-5-9-19-16/h2-9,11-12,20H,10H2,1H3/t12-/m1/s1. The molecule has 0 unspecified atom stereocenters. The van der Waals surface area contributed by atoms with E-state index in [-0.39, 0.29) is 6.04 Å². The molecule has 1 aromatic carbocycles. The Bertz CT molecular complexity index is 742. The molecule has 2 aromatic heterocycles. The van der Waals surface area contributed by atoms with Crippen LogP contribution in [-0.4, -0.2) is 9.97 Å². The largest absolute Gasteiger partial charge is 0.304 e. The van der Waals surface area contributed by atoms with E-state index in [0.29, 0.717) is 6.54 Å². The predicted molar refractivity (Wildman–Crippen MR) is 92.1 cm³/mol. The zero-order chi connectivity index (χ0) is 15.4. The van der Waals surface area contributed by atoms with Gasteiger partial charge < -0.3 is 5.32 Å². The van der Waals surface area contributed by atoms with Crippen LogP contribution in [0.2, 0.25) is 5.02 Å². The summed E-state index contributed by atoms with van der Waals surface area (Å²) >= 11 is 7.84. The molecule has 0 fully saturated rings. The molecule has 3 nitrogen and oxygen atoms in total. The molecule has 0 spiro atoms. The smallest absolute Gasteiger partial charge is 0.142 e. The molecule has 1 N–H and O–H groups in total. The normalized spacial score (nSPS) is 12.3. The molecule has 1 atom stereocenters. The van der Waals surface area contributed by atoms with E-state index in [4.69, 9.17) is 11.6 Å². The molecule has 0 aliphatic heterocycles. The second-order valence-corrected chi connectivity index (χ2v) is 6.25.